The predicted molar refractivity (Wildman–Crippen MR) is 129 cm³/mol. The van der Waals surface area contributed by atoms with Gasteiger partial charge >= 0.3 is 11.9 Å². The first-order chi connectivity index (χ1) is 16.0. The Morgan fingerprint density at radius 2 is 1.88 bits per heavy atom. The molecule has 0 amide bonds. The van der Waals surface area contributed by atoms with Gasteiger partial charge in [0.2, 0.25) is 0 Å². The average Bonchev–Trinajstić information content (AvgIpc) is 3.09. The molecule has 4 aliphatic rings. The van der Waals surface area contributed by atoms with Crippen LogP contribution in [0.3, 0.4) is 0 Å². The van der Waals surface area contributed by atoms with Crippen LogP contribution in [0.4, 0.5) is 0 Å². The van der Waals surface area contributed by atoms with Crippen LogP contribution in [-0.2, 0) is 19.1 Å². The highest BCUT2D eigenvalue weighted by Gasteiger charge is 2.66. The van der Waals surface area contributed by atoms with Crippen LogP contribution in [0.5, 0.6) is 0 Å². The van der Waals surface area contributed by atoms with Crippen molar-refractivity contribution >= 4 is 11.9 Å². The van der Waals surface area contributed by atoms with E-state index in [1.807, 2.05) is 20.8 Å². The van der Waals surface area contributed by atoms with Gasteiger partial charge in [0, 0.05) is 18.8 Å². The second-order valence-electron chi connectivity index (χ2n) is 11.8. The fourth-order valence-corrected chi connectivity index (χ4v) is 8.03. The number of aliphatic carboxylic acids is 1. The molecule has 0 bridgehead atoms. The molecule has 0 spiro atoms. The largest absolute Gasteiger partial charge is 0.498 e. The summed E-state index contributed by atoms with van der Waals surface area (Å²) >= 11 is 0. The summed E-state index contributed by atoms with van der Waals surface area (Å²) in [6.45, 7) is 10.8. The van der Waals surface area contributed by atoms with E-state index in [1.165, 1.54) is 0 Å². The molecule has 2 N–H and O–H groups in total. The molecular formula is C28H42O6. The summed E-state index contributed by atoms with van der Waals surface area (Å²) in [6, 6.07) is 0. The molecule has 34 heavy (non-hydrogen) atoms. The Kier molecular flexibility index (Phi) is 6.69. The Hall–Kier alpha value is -1.82. The van der Waals surface area contributed by atoms with Crippen molar-refractivity contribution in [2.24, 2.45) is 34.5 Å². The topological polar surface area (TPSA) is 93.1 Å². The number of fused-ring (bicyclic) bond motifs is 5. The molecule has 0 heterocycles. The zero-order valence-electron chi connectivity index (χ0n) is 21.4. The van der Waals surface area contributed by atoms with Gasteiger partial charge in [-0.25, -0.2) is 4.79 Å². The van der Waals surface area contributed by atoms with Gasteiger partial charge in [-0.2, -0.15) is 0 Å². The second-order valence-corrected chi connectivity index (χ2v) is 11.8. The molecular weight excluding hydrogens is 432 g/mol. The molecule has 0 aromatic rings. The van der Waals surface area contributed by atoms with Gasteiger partial charge in [-0.3, -0.25) is 4.79 Å². The maximum absolute atomic E-state index is 13.5. The van der Waals surface area contributed by atoms with E-state index in [1.54, 1.807) is 6.08 Å². The summed E-state index contributed by atoms with van der Waals surface area (Å²) < 4.78 is 11.5. The number of rotatable bonds is 7. The SMILES string of the molecule is CCOC1=CC2=C[C@](O)(C(=O)OC(C)C)[C@H]3[C@@H]4CC[C@@H](CCC(=O)O)[C@@]4(C)CC[C@@H]3[C@@]2(C)CC1. The van der Waals surface area contributed by atoms with E-state index in [2.05, 4.69) is 19.9 Å². The van der Waals surface area contributed by atoms with Crippen molar-refractivity contribution in [3.8, 4) is 0 Å². The second kappa shape index (κ2) is 9.00. The number of carbonyl (C=O) groups is 2. The third-order valence-corrected chi connectivity index (χ3v) is 9.74. The van der Waals surface area contributed by atoms with Crippen LogP contribution in [0.2, 0.25) is 0 Å². The van der Waals surface area contributed by atoms with Crippen molar-refractivity contribution in [3.05, 3.63) is 23.5 Å². The van der Waals surface area contributed by atoms with Crippen molar-refractivity contribution < 1.29 is 29.3 Å². The lowest BCUT2D eigenvalue weighted by Gasteiger charge is -2.60. The summed E-state index contributed by atoms with van der Waals surface area (Å²) in [5.74, 6) is -0.0112. The highest BCUT2D eigenvalue weighted by molar-refractivity contribution is 5.83. The Morgan fingerprint density at radius 1 is 1.15 bits per heavy atom. The first-order valence-corrected chi connectivity index (χ1v) is 13.2. The standard InChI is InChI=1S/C28H42O6/c1-6-33-20-11-13-27(5)19(15-20)16-28(32,25(31)34-17(2)3)24-21-9-7-18(8-10-23(29)30)26(21,4)14-12-22(24)27/h15-18,21-22,24,32H,6-14H2,1-5H3,(H,29,30)/t18-,21-,22-,24-,26+,27-,28+/m0/s1. The van der Waals surface area contributed by atoms with E-state index in [0.717, 1.165) is 49.9 Å². The number of carboxylic acid groups (broad SMARTS) is 1. The van der Waals surface area contributed by atoms with Gasteiger partial charge in [0.15, 0.2) is 5.60 Å². The number of carboxylic acids is 1. The van der Waals surface area contributed by atoms with Gasteiger partial charge in [-0.15, -0.1) is 0 Å². The van der Waals surface area contributed by atoms with Gasteiger partial charge in [0.05, 0.1) is 18.5 Å². The van der Waals surface area contributed by atoms with E-state index in [-0.39, 0.29) is 41.1 Å². The van der Waals surface area contributed by atoms with Gasteiger partial charge in [0.25, 0.3) is 0 Å². The van der Waals surface area contributed by atoms with Crippen LogP contribution >= 0.6 is 0 Å². The first-order valence-electron chi connectivity index (χ1n) is 13.2. The van der Waals surface area contributed by atoms with Crippen molar-refractivity contribution in [1.82, 2.24) is 0 Å². The Morgan fingerprint density at radius 3 is 2.53 bits per heavy atom. The molecule has 6 nitrogen and oxygen atoms in total. The number of esters is 1. The molecule has 4 aliphatic carbocycles. The molecule has 2 saturated carbocycles. The third kappa shape index (κ3) is 4.00. The van der Waals surface area contributed by atoms with E-state index >= 15 is 0 Å². The van der Waals surface area contributed by atoms with Crippen LogP contribution in [0.1, 0.15) is 86.0 Å². The Balaban J connectivity index is 1.78. The van der Waals surface area contributed by atoms with Gasteiger partial charge in [-0.05, 0) is 106 Å². The van der Waals surface area contributed by atoms with Crippen LogP contribution in [0.25, 0.3) is 0 Å². The number of aliphatic hydroxyl groups is 1. The predicted octanol–water partition coefficient (Wildman–Crippen LogP) is 5.25. The third-order valence-electron chi connectivity index (χ3n) is 9.74. The molecule has 4 rings (SSSR count). The van der Waals surface area contributed by atoms with Crippen molar-refractivity contribution in [2.45, 2.75) is 97.7 Å². The highest BCUT2D eigenvalue weighted by Crippen LogP contribution is 2.68. The summed E-state index contributed by atoms with van der Waals surface area (Å²) in [5, 5.41) is 21.5. The minimum absolute atomic E-state index is 0.0780. The molecule has 0 aliphatic heterocycles. The highest BCUT2D eigenvalue weighted by atomic mass is 16.6. The quantitative estimate of drug-likeness (QED) is 0.489. The van der Waals surface area contributed by atoms with Crippen LogP contribution in [0.15, 0.2) is 23.5 Å². The minimum Gasteiger partial charge on any atom is -0.498 e. The minimum atomic E-state index is -1.69. The zero-order chi connectivity index (χ0) is 24.9. The molecule has 2 fully saturated rings. The molecule has 190 valence electrons. The number of hydrogen-bond donors (Lipinski definition) is 2. The van der Waals surface area contributed by atoms with E-state index in [4.69, 9.17) is 9.47 Å². The van der Waals surface area contributed by atoms with Gasteiger partial charge in [-0.1, -0.05) is 13.8 Å². The number of hydrogen-bond acceptors (Lipinski definition) is 5. The fraction of sp³-hybridized carbons (Fsp3) is 0.786. The Labute approximate surface area is 203 Å². The smallest absolute Gasteiger partial charge is 0.342 e. The Bertz CT molecular complexity index is 889. The lowest BCUT2D eigenvalue weighted by atomic mass is 9.45. The van der Waals surface area contributed by atoms with Crippen molar-refractivity contribution in [2.75, 3.05) is 6.61 Å². The molecule has 0 aromatic heterocycles. The lowest BCUT2D eigenvalue weighted by Crippen LogP contribution is -2.62. The van der Waals surface area contributed by atoms with Gasteiger partial charge < -0.3 is 19.7 Å². The van der Waals surface area contributed by atoms with Crippen LogP contribution in [0, 0.1) is 34.5 Å². The fourth-order valence-electron chi connectivity index (χ4n) is 8.03. The maximum Gasteiger partial charge on any atom is 0.342 e. The number of allylic oxidation sites excluding steroid dienone is 3. The zero-order valence-corrected chi connectivity index (χ0v) is 21.4. The van der Waals surface area contributed by atoms with Crippen LogP contribution < -0.4 is 0 Å². The number of carbonyl (C=O) groups excluding carboxylic acids is 1. The van der Waals surface area contributed by atoms with Gasteiger partial charge in [0.1, 0.15) is 0 Å². The van der Waals surface area contributed by atoms with Crippen molar-refractivity contribution in [3.63, 3.8) is 0 Å². The molecule has 0 unspecified atom stereocenters. The summed E-state index contributed by atoms with van der Waals surface area (Å²) in [6.07, 6.45) is 9.96. The van der Waals surface area contributed by atoms with E-state index in [0.29, 0.717) is 18.9 Å². The van der Waals surface area contributed by atoms with E-state index < -0.39 is 17.5 Å². The van der Waals surface area contributed by atoms with Crippen LogP contribution in [-0.4, -0.2) is 40.5 Å². The first kappa shape index (κ1) is 25.3. The molecule has 0 saturated heterocycles. The lowest BCUT2D eigenvalue weighted by molar-refractivity contribution is -0.188. The summed E-state index contributed by atoms with van der Waals surface area (Å²) in [7, 11) is 0. The monoisotopic (exact) mass is 474 g/mol. The number of ether oxygens (including phenoxy) is 2. The molecule has 0 aromatic carbocycles. The summed E-state index contributed by atoms with van der Waals surface area (Å²) in [5.41, 5.74) is -0.902. The molecule has 6 heteroatoms. The van der Waals surface area contributed by atoms with E-state index in [9.17, 15) is 19.8 Å². The maximum atomic E-state index is 13.5. The molecule has 0 radical (unpaired) electrons. The normalized spacial score (nSPS) is 41.0. The van der Waals surface area contributed by atoms with Crippen molar-refractivity contribution in [1.29, 1.82) is 0 Å². The average molecular weight is 475 g/mol. The summed E-state index contributed by atoms with van der Waals surface area (Å²) in [4.78, 5) is 24.8. The molecule has 7 atom stereocenters.